The molecule has 1 rings (SSSR count). The maximum atomic E-state index is 11.7. The molecule has 0 bridgehead atoms. The molecule has 1 aliphatic rings. The van der Waals surface area contributed by atoms with E-state index < -0.39 is 11.8 Å². The van der Waals surface area contributed by atoms with E-state index in [0.717, 1.165) is 13.1 Å². The van der Waals surface area contributed by atoms with Crippen LogP contribution in [0.5, 0.6) is 0 Å². The Bertz CT molecular complexity index is 359. The van der Waals surface area contributed by atoms with Crippen LogP contribution in [0.1, 0.15) is 20.8 Å². The third-order valence-corrected chi connectivity index (χ3v) is 3.04. The van der Waals surface area contributed by atoms with Crippen LogP contribution in [-0.2, 0) is 9.59 Å². The van der Waals surface area contributed by atoms with Crippen molar-refractivity contribution in [2.45, 2.75) is 26.3 Å². The van der Waals surface area contributed by atoms with Crippen LogP contribution < -0.4 is 5.32 Å². The van der Waals surface area contributed by atoms with Gasteiger partial charge in [0, 0.05) is 31.7 Å². The first kappa shape index (κ1) is 14.5. The van der Waals surface area contributed by atoms with Crippen molar-refractivity contribution < 1.29 is 9.59 Å². The van der Waals surface area contributed by atoms with Crippen molar-refractivity contribution in [2.75, 3.05) is 32.7 Å². The lowest BCUT2D eigenvalue weighted by Gasteiger charge is -2.42. The number of hydrogen-bond donors (Lipinski definition) is 1. The predicted octanol–water partition coefficient (Wildman–Crippen LogP) is -0.431. The van der Waals surface area contributed by atoms with Gasteiger partial charge in [-0.25, -0.2) is 0 Å². The summed E-state index contributed by atoms with van der Waals surface area (Å²) < 4.78 is 0. The Hall–Kier alpha value is -1.61. The molecule has 1 fully saturated rings. The molecule has 0 spiro atoms. The third-order valence-electron chi connectivity index (χ3n) is 3.04. The minimum atomic E-state index is -0.694. The number of nitrogens with one attached hydrogen (secondary N) is 1. The van der Waals surface area contributed by atoms with Gasteiger partial charge in [-0.3, -0.25) is 14.5 Å². The zero-order valence-electron chi connectivity index (χ0n) is 11.2. The predicted molar refractivity (Wildman–Crippen MR) is 66.5 cm³/mol. The second-order valence-electron chi connectivity index (χ2n) is 5.29. The molecule has 1 aliphatic heterocycles. The van der Waals surface area contributed by atoms with Crippen molar-refractivity contribution in [3.8, 4) is 6.07 Å². The second-order valence-corrected chi connectivity index (χ2v) is 5.29. The summed E-state index contributed by atoms with van der Waals surface area (Å²) in [6.45, 7) is 8.89. The molecule has 0 aliphatic carbocycles. The number of carbonyl (C=O) groups is 2. The molecule has 0 saturated carbocycles. The molecule has 1 N–H and O–H groups in total. The summed E-state index contributed by atoms with van der Waals surface area (Å²) in [5.74, 6) is -1.24. The molecule has 18 heavy (non-hydrogen) atoms. The molecule has 0 aromatic rings. The molecule has 0 unspecified atom stereocenters. The minimum Gasteiger partial charge on any atom is -0.335 e. The molecule has 1 heterocycles. The van der Waals surface area contributed by atoms with Crippen LogP contribution in [0.25, 0.3) is 0 Å². The Morgan fingerprint density at radius 2 is 1.78 bits per heavy atom. The smallest absolute Gasteiger partial charge is 0.311 e. The first-order valence-electron chi connectivity index (χ1n) is 6.05. The van der Waals surface area contributed by atoms with Crippen molar-refractivity contribution in [2.24, 2.45) is 0 Å². The number of rotatable bonds is 1. The zero-order chi connectivity index (χ0) is 13.8. The lowest BCUT2D eigenvalue weighted by Crippen LogP contribution is -2.56. The zero-order valence-corrected chi connectivity index (χ0v) is 11.2. The summed E-state index contributed by atoms with van der Waals surface area (Å²) in [6, 6.07) is 1.77. The highest BCUT2D eigenvalue weighted by Crippen LogP contribution is 2.15. The molecule has 6 nitrogen and oxygen atoms in total. The molecule has 6 heteroatoms. The molecular weight excluding hydrogens is 232 g/mol. The highest BCUT2D eigenvalue weighted by Gasteiger charge is 2.29. The standard InChI is InChI=1S/C12H20N4O2/c1-12(2,3)16-8-6-15(7-9-16)11(18)10(17)14-5-4-13/h5-9H2,1-3H3,(H,14,17). The molecule has 2 amide bonds. The van der Waals surface area contributed by atoms with Crippen molar-refractivity contribution in [1.82, 2.24) is 15.1 Å². The summed E-state index contributed by atoms with van der Waals surface area (Å²) in [5.41, 5.74) is 0.0816. The van der Waals surface area contributed by atoms with E-state index in [4.69, 9.17) is 5.26 Å². The summed E-state index contributed by atoms with van der Waals surface area (Å²) in [6.07, 6.45) is 0. The lowest BCUT2D eigenvalue weighted by molar-refractivity contribution is -0.147. The number of nitriles is 1. The van der Waals surface area contributed by atoms with Gasteiger partial charge in [-0.15, -0.1) is 0 Å². The Labute approximate surface area is 108 Å². The lowest BCUT2D eigenvalue weighted by atomic mass is 10.0. The van der Waals surface area contributed by atoms with Gasteiger partial charge in [0.25, 0.3) is 0 Å². The summed E-state index contributed by atoms with van der Waals surface area (Å²) in [5, 5.41) is 10.6. The fourth-order valence-electron chi connectivity index (χ4n) is 1.92. The van der Waals surface area contributed by atoms with Crippen molar-refractivity contribution in [3.63, 3.8) is 0 Å². The van der Waals surface area contributed by atoms with E-state index in [0.29, 0.717) is 13.1 Å². The van der Waals surface area contributed by atoms with E-state index in [2.05, 4.69) is 31.0 Å². The number of piperazine rings is 1. The molecule has 0 aromatic carbocycles. The number of nitrogens with zero attached hydrogens (tertiary/aromatic N) is 3. The van der Waals surface area contributed by atoms with Gasteiger partial charge in [0.2, 0.25) is 0 Å². The first-order chi connectivity index (χ1) is 8.36. The quantitative estimate of drug-likeness (QED) is 0.507. The highest BCUT2D eigenvalue weighted by atomic mass is 16.2. The number of hydrogen-bond acceptors (Lipinski definition) is 4. The topological polar surface area (TPSA) is 76.4 Å². The van der Waals surface area contributed by atoms with Gasteiger partial charge in [0.15, 0.2) is 0 Å². The van der Waals surface area contributed by atoms with E-state index in [1.807, 2.05) is 0 Å². The monoisotopic (exact) mass is 252 g/mol. The first-order valence-corrected chi connectivity index (χ1v) is 6.05. The Morgan fingerprint density at radius 3 is 2.22 bits per heavy atom. The van der Waals surface area contributed by atoms with Gasteiger partial charge in [0.1, 0.15) is 6.54 Å². The van der Waals surface area contributed by atoms with E-state index >= 15 is 0 Å². The van der Waals surface area contributed by atoms with Crippen molar-refractivity contribution in [3.05, 3.63) is 0 Å². The van der Waals surface area contributed by atoms with Crippen LogP contribution >= 0.6 is 0 Å². The van der Waals surface area contributed by atoms with Crippen LogP contribution in [0.4, 0.5) is 0 Å². The largest absolute Gasteiger partial charge is 0.335 e. The van der Waals surface area contributed by atoms with E-state index in [1.54, 1.807) is 6.07 Å². The molecule has 100 valence electrons. The maximum Gasteiger partial charge on any atom is 0.311 e. The van der Waals surface area contributed by atoms with Gasteiger partial charge in [0.05, 0.1) is 6.07 Å². The van der Waals surface area contributed by atoms with Crippen LogP contribution in [0.3, 0.4) is 0 Å². The van der Waals surface area contributed by atoms with Crippen LogP contribution in [-0.4, -0.2) is 59.9 Å². The summed E-state index contributed by atoms with van der Waals surface area (Å²) in [7, 11) is 0. The van der Waals surface area contributed by atoms with E-state index in [-0.39, 0.29) is 12.1 Å². The number of carbonyl (C=O) groups excluding carboxylic acids is 2. The van der Waals surface area contributed by atoms with Gasteiger partial charge in [-0.1, -0.05) is 0 Å². The average Bonchev–Trinajstić information content (AvgIpc) is 2.34. The van der Waals surface area contributed by atoms with E-state index in [9.17, 15) is 9.59 Å². The third kappa shape index (κ3) is 3.70. The van der Waals surface area contributed by atoms with Gasteiger partial charge in [-0.2, -0.15) is 5.26 Å². The van der Waals surface area contributed by atoms with Gasteiger partial charge < -0.3 is 10.2 Å². The Morgan fingerprint density at radius 1 is 1.22 bits per heavy atom. The second kappa shape index (κ2) is 5.83. The summed E-state index contributed by atoms with van der Waals surface area (Å²) >= 11 is 0. The minimum absolute atomic E-state index is 0.0816. The molecule has 0 radical (unpaired) electrons. The Balaban J connectivity index is 2.46. The fraction of sp³-hybridized carbons (Fsp3) is 0.750. The van der Waals surface area contributed by atoms with Crippen LogP contribution in [0.15, 0.2) is 0 Å². The average molecular weight is 252 g/mol. The molecule has 0 atom stereocenters. The van der Waals surface area contributed by atoms with Gasteiger partial charge in [-0.05, 0) is 20.8 Å². The van der Waals surface area contributed by atoms with Gasteiger partial charge >= 0.3 is 11.8 Å². The Kier molecular flexibility index (Phi) is 4.68. The highest BCUT2D eigenvalue weighted by molar-refractivity contribution is 6.35. The SMILES string of the molecule is CC(C)(C)N1CCN(C(=O)C(=O)NCC#N)CC1. The maximum absolute atomic E-state index is 11.7. The molecule has 0 aromatic heterocycles. The fourth-order valence-corrected chi connectivity index (χ4v) is 1.92. The van der Waals surface area contributed by atoms with Crippen molar-refractivity contribution >= 4 is 11.8 Å². The normalized spacial score (nSPS) is 17.1. The van der Waals surface area contributed by atoms with Crippen LogP contribution in [0, 0.1) is 11.3 Å². The molecule has 1 saturated heterocycles. The molecular formula is C12H20N4O2. The number of amides is 2. The van der Waals surface area contributed by atoms with Crippen molar-refractivity contribution in [1.29, 1.82) is 5.26 Å². The van der Waals surface area contributed by atoms with E-state index in [1.165, 1.54) is 4.90 Å². The summed E-state index contributed by atoms with van der Waals surface area (Å²) in [4.78, 5) is 27.0. The van der Waals surface area contributed by atoms with Crippen LogP contribution in [0.2, 0.25) is 0 Å².